The van der Waals surface area contributed by atoms with Gasteiger partial charge in [-0.3, -0.25) is 14.9 Å². The second kappa shape index (κ2) is 6.93. The van der Waals surface area contributed by atoms with Gasteiger partial charge < -0.3 is 5.32 Å². The van der Waals surface area contributed by atoms with Crippen LogP contribution in [0.25, 0.3) is 5.69 Å². The number of aryl methyl sites for hydroxylation is 1. The summed E-state index contributed by atoms with van der Waals surface area (Å²) in [6.07, 6.45) is 0. The molecule has 1 N–H and O–H groups in total. The van der Waals surface area contributed by atoms with Crippen LogP contribution < -0.4 is 5.32 Å². The Labute approximate surface area is 153 Å². The highest BCUT2D eigenvalue weighted by Gasteiger charge is 2.19. The zero-order chi connectivity index (χ0) is 18.8. The summed E-state index contributed by atoms with van der Waals surface area (Å²) < 4.78 is 1.37. The van der Waals surface area contributed by atoms with Gasteiger partial charge in [-0.2, -0.15) is 0 Å². The van der Waals surface area contributed by atoms with Crippen LogP contribution >= 0.6 is 11.6 Å². The van der Waals surface area contributed by atoms with E-state index in [2.05, 4.69) is 15.6 Å². The highest BCUT2D eigenvalue weighted by Crippen LogP contribution is 2.24. The average molecular weight is 372 g/mol. The molecule has 2 aromatic carbocycles. The first-order chi connectivity index (χ1) is 12.4. The molecule has 3 aromatic rings. The Hall–Kier alpha value is -3.26. The minimum absolute atomic E-state index is 0.0742. The van der Waals surface area contributed by atoms with Crippen LogP contribution in [-0.4, -0.2) is 25.8 Å². The lowest BCUT2D eigenvalue weighted by Gasteiger charge is -2.07. The summed E-state index contributed by atoms with van der Waals surface area (Å²) in [6.45, 7) is 3.55. The maximum absolute atomic E-state index is 12.5. The molecule has 0 aliphatic rings. The van der Waals surface area contributed by atoms with Gasteiger partial charge in [-0.1, -0.05) is 28.9 Å². The van der Waals surface area contributed by atoms with Crippen LogP contribution in [0.1, 0.15) is 21.7 Å². The Morgan fingerprint density at radius 3 is 2.69 bits per heavy atom. The smallest absolute Gasteiger partial charge is 0.278 e. The molecule has 132 valence electrons. The number of nitrogens with one attached hydrogen (secondary N) is 1. The molecule has 0 atom stereocenters. The number of carbonyl (C=O) groups excluding carboxylic acids is 1. The minimum Gasteiger partial charge on any atom is -0.319 e. The lowest BCUT2D eigenvalue weighted by atomic mass is 10.2. The van der Waals surface area contributed by atoms with Crippen molar-refractivity contribution in [3.05, 3.63) is 74.6 Å². The van der Waals surface area contributed by atoms with E-state index in [9.17, 15) is 14.9 Å². The minimum atomic E-state index is -0.497. The number of halogens is 1. The predicted octanol–water partition coefficient (Wildman–Crippen LogP) is 3.70. The number of aromatic nitrogens is 3. The summed E-state index contributed by atoms with van der Waals surface area (Å²) in [5.41, 5.74) is 2.36. The molecule has 0 unspecified atom stereocenters. The summed E-state index contributed by atoms with van der Waals surface area (Å²) in [5.74, 6) is -0.468. The number of rotatable bonds is 4. The Morgan fingerprint density at radius 2 is 2.00 bits per heavy atom. The molecule has 3 rings (SSSR count). The molecule has 0 radical (unpaired) electrons. The van der Waals surface area contributed by atoms with Crippen molar-refractivity contribution in [2.75, 3.05) is 5.32 Å². The number of nitrogens with zero attached hydrogens (tertiary/aromatic N) is 4. The molecule has 1 aromatic heterocycles. The van der Waals surface area contributed by atoms with Gasteiger partial charge in [-0.25, -0.2) is 4.68 Å². The molecule has 1 amide bonds. The fraction of sp³-hybridized carbons (Fsp3) is 0.118. The van der Waals surface area contributed by atoms with Crippen molar-refractivity contribution >= 4 is 28.9 Å². The fourth-order valence-corrected chi connectivity index (χ4v) is 2.71. The molecule has 0 saturated heterocycles. The van der Waals surface area contributed by atoms with E-state index in [1.54, 1.807) is 31.2 Å². The Kier molecular flexibility index (Phi) is 4.68. The standard InChI is InChI=1S/C17H14ClN5O3/c1-10-6-7-15(14(18)8-10)19-17(24)16-11(2)22(21-20-16)12-4-3-5-13(9-12)23(25)26/h3-9H,1-2H3,(H,19,24). The van der Waals surface area contributed by atoms with Crippen LogP contribution in [0.15, 0.2) is 42.5 Å². The van der Waals surface area contributed by atoms with Crippen molar-refractivity contribution in [2.45, 2.75) is 13.8 Å². The summed E-state index contributed by atoms with van der Waals surface area (Å²) in [6, 6.07) is 11.2. The average Bonchev–Trinajstić information content (AvgIpc) is 2.99. The first-order valence-electron chi connectivity index (χ1n) is 7.61. The number of carbonyl (C=O) groups is 1. The third kappa shape index (κ3) is 3.40. The van der Waals surface area contributed by atoms with Gasteiger partial charge in [-0.15, -0.1) is 5.10 Å². The van der Waals surface area contributed by atoms with E-state index in [1.165, 1.54) is 16.8 Å². The number of hydrogen-bond donors (Lipinski definition) is 1. The van der Waals surface area contributed by atoms with Gasteiger partial charge in [0.15, 0.2) is 5.69 Å². The molecule has 0 aliphatic carbocycles. The number of nitro groups is 1. The van der Waals surface area contributed by atoms with E-state index in [-0.39, 0.29) is 11.4 Å². The molecule has 0 spiro atoms. The van der Waals surface area contributed by atoms with E-state index in [0.29, 0.717) is 22.1 Å². The summed E-state index contributed by atoms with van der Waals surface area (Å²) in [4.78, 5) is 22.9. The maximum Gasteiger partial charge on any atom is 0.278 e. The fourth-order valence-electron chi connectivity index (χ4n) is 2.43. The second-order valence-corrected chi connectivity index (χ2v) is 6.06. The van der Waals surface area contributed by atoms with E-state index in [4.69, 9.17) is 11.6 Å². The Bertz CT molecular complexity index is 1020. The van der Waals surface area contributed by atoms with Crippen molar-refractivity contribution in [2.24, 2.45) is 0 Å². The Balaban J connectivity index is 1.90. The zero-order valence-corrected chi connectivity index (χ0v) is 14.7. The molecule has 8 nitrogen and oxygen atoms in total. The van der Waals surface area contributed by atoms with Crippen molar-refractivity contribution in [1.82, 2.24) is 15.0 Å². The predicted molar refractivity (Wildman–Crippen MR) is 96.9 cm³/mol. The van der Waals surface area contributed by atoms with Crippen LogP contribution in [0.5, 0.6) is 0 Å². The van der Waals surface area contributed by atoms with E-state index in [0.717, 1.165) is 5.56 Å². The van der Waals surface area contributed by atoms with Crippen LogP contribution in [0.4, 0.5) is 11.4 Å². The molecular weight excluding hydrogens is 358 g/mol. The number of anilines is 1. The van der Waals surface area contributed by atoms with E-state index in [1.807, 2.05) is 13.0 Å². The third-order valence-corrected chi connectivity index (χ3v) is 4.08. The topological polar surface area (TPSA) is 103 Å². The van der Waals surface area contributed by atoms with Crippen LogP contribution in [-0.2, 0) is 0 Å². The molecule has 0 fully saturated rings. The number of benzene rings is 2. The third-order valence-electron chi connectivity index (χ3n) is 3.77. The lowest BCUT2D eigenvalue weighted by molar-refractivity contribution is -0.384. The molecule has 1 heterocycles. The molecule has 0 bridgehead atoms. The molecule has 0 aliphatic heterocycles. The first-order valence-corrected chi connectivity index (χ1v) is 7.99. The zero-order valence-electron chi connectivity index (χ0n) is 13.9. The van der Waals surface area contributed by atoms with E-state index >= 15 is 0 Å². The quantitative estimate of drug-likeness (QED) is 0.556. The summed E-state index contributed by atoms with van der Waals surface area (Å²) in [7, 11) is 0. The summed E-state index contributed by atoms with van der Waals surface area (Å²) in [5, 5.41) is 21.9. The highest BCUT2D eigenvalue weighted by atomic mass is 35.5. The highest BCUT2D eigenvalue weighted by molar-refractivity contribution is 6.34. The molecular formula is C17H14ClN5O3. The number of hydrogen-bond acceptors (Lipinski definition) is 5. The number of amides is 1. The SMILES string of the molecule is Cc1ccc(NC(=O)c2nnn(-c3cccc([N+](=O)[O-])c3)c2C)c(Cl)c1. The van der Waals surface area contributed by atoms with Crippen molar-refractivity contribution in [3.63, 3.8) is 0 Å². The Morgan fingerprint density at radius 1 is 1.23 bits per heavy atom. The van der Waals surface area contributed by atoms with Gasteiger partial charge in [0, 0.05) is 12.1 Å². The monoisotopic (exact) mass is 371 g/mol. The maximum atomic E-state index is 12.5. The normalized spacial score (nSPS) is 10.6. The number of nitro benzene ring substituents is 1. The van der Waals surface area contributed by atoms with Gasteiger partial charge >= 0.3 is 0 Å². The first kappa shape index (κ1) is 17.6. The van der Waals surface area contributed by atoms with Crippen LogP contribution in [0.3, 0.4) is 0 Å². The second-order valence-electron chi connectivity index (χ2n) is 5.65. The van der Waals surface area contributed by atoms with Crippen LogP contribution in [0.2, 0.25) is 5.02 Å². The van der Waals surface area contributed by atoms with Gasteiger partial charge in [0.2, 0.25) is 0 Å². The van der Waals surface area contributed by atoms with Gasteiger partial charge in [0.1, 0.15) is 0 Å². The van der Waals surface area contributed by atoms with Crippen molar-refractivity contribution in [3.8, 4) is 5.69 Å². The van der Waals surface area contributed by atoms with E-state index < -0.39 is 10.8 Å². The molecule has 9 heteroatoms. The lowest BCUT2D eigenvalue weighted by Crippen LogP contribution is -2.14. The van der Waals surface area contributed by atoms with Crippen molar-refractivity contribution < 1.29 is 9.72 Å². The molecule has 26 heavy (non-hydrogen) atoms. The van der Waals surface area contributed by atoms with Gasteiger partial charge in [0.05, 0.1) is 27.0 Å². The van der Waals surface area contributed by atoms with Gasteiger partial charge in [0.25, 0.3) is 11.6 Å². The van der Waals surface area contributed by atoms with Crippen LogP contribution in [0, 0.1) is 24.0 Å². The largest absolute Gasteiger partial charge is 0.319 e. The van der Waals surface area contributed by atoms with Crippen molar-refractivity contribution in [1.29, 1.82) is 0 Å². The molecule has 0 saturated carbocycles. The number of non-ortho nitro benzene ring substituents is 1. The summed E-state index contributed by atoms with van der Waals surface area (Å²) >= 11 is 6.13. The van der Waals surface area contributed by atoms with Gasteiger partial charge in [-0.05, 0) is 37.6 Å².